The van der Waals surface area contributed by atoms with Crippen LogP contribution in [0.1, 0.15) is 57.1 Å². The first kappa shape index (κ1) is 13.6. The van der Waals surface area contributed by atoms with Crippen LogP contribution in [-0.4, -0.2) is 23.4 Å². The highest BCUT2D eigenvalue weighted by Gasteiger charge is 2.28. The van der Waals surface area contributed by atoms with Crippen LogP contribution in [0.4, 0.5) is 0 Å². The Labute approximate surface area is 111 Å². The van der Waals surface area contributed by atoms with E-state index < -0.39 is 0 Å². The van der Waals surface area contributed by atoms with E-state index in [0.29, 0.717) is 12.0 Å². The van der Waals surface area contributed by atoms with Crippen molar-refractivity contribution in [2.24, 2.45) is 0 Å². The lowest BCUT2D eigenvalue weighted by atomic mass is 9.85. The van der Waals surface area contributed by atoms with Crippen LogP contribution in [0.2, 0.25) is 0 Å². The lowest BCUT2D eigenvalue weighted by Gasteiger charge is -2.20. The summed E-state index contributed by atoms with van der Waals surface area (Å²) in [5, 5.41) is 10.9. The van der Waals surface area contributed by atoms with Crippen molar-refractivity contribution in [3.63, 3.8) is 0 Å². The maximum absolute atomic E-state index is 9.50. The summed E-state index contributed by atoms with van der Waals surface area (Å²) >= 11 is 0. The third-order valence-corrected chi connectivity index (χ3v) is 4.18. The van der Waals surface area contributed by atoms with E-state index in [0.717, 1.165) is 12.8 Å². The summed E-state index contributed by atoms with van der Waals surface area (Å²) in [5.41, 5.74) is 3.04. The van der Waals surface area contributed by atoms with Crippen molar-refractivity contribution in [2.75, 3.05) is 7.05 Å². The Morgan fingerprint density at radius 1 is 1.11 bits per heavy atom. The number of benzene rings is 1. The van der Waals surface area contributed by atoms with Gasteiger partial charge in [0.15, 0.2) is 0 Å². The van der Waals surface area contributed by atoms with Crippen molar-refractivity contribution >= 4 is 0 Å². The quantitative estimate of drug-likeness (QED) is 0.800. The molecule has 1 aliphatic rings. The van der Waals surface area contributed by atoms with Gasteiger partial charge in [0.1, 0.15) is 0 Å². The van der Waals surface area contributed by atoms with Crippen molar-refractivity contribution in [3.05, 3.63) is 35.4 Å². The van der Waals surface area contributed by atoms with Gasteiger partial charge in [-0.3, -0.25) is 0 Å². The highest BCUT2D eigenvalue weighted by molar-refractivity contribution is 5.30. The zero-order valence-electron chi connectivity index (χ0n) is 12.0. The third kappa shape index (κ3) is 2.93. The summed E-state index contributed by atoms with van der Waals surface area (Å²) in [4.78, 5) is 0. The van der Waals surface area contributed by atoms with Crippen molar-refractivity contribution in [1.29, 1.82) is 0 Å². The average molecular weight is 247 g/mol. The Bertz CT molecular complexity index is 389. The number of rotatable bonds is 2. The predicted molar refractivity (Wildman–Crippen MR) is 75.1 cm³/mol. The summed E-state index contributed by atoms with van der Waals surface area (Å²) in [6.45, 7) is 6.73. The zero-order valence-corrected chi connectivity index (χ0v) is 12.0. The molecular weight excluding hydrogens is 222 g/mol. The Hall–Kier alpha value is -0.860. The van der Waals surface area contributed by atoms with E-state index in [4.69, 9.17) is 0 Å². The molecule has 0 aromatic heterocycles. The molecule has 1 aliphatic carbocycles. The molecule has 0 spiro atoms. The molecule has 2 atom stereocenters. The molecule has 100 valence electrons. The molecule has 0 aliphatic heterocycles. The summed E-state index contributed by atoms with van der Waals surface area (Å²) in [7, 11) is 1.76. The van der Waals surface area contributed by atoms with E-state index in [9.17, 15) is 5.21 Å². The molecule has 18 heavy (non-hydrogen) atoms. The Morgan fingerprint density at radius 3 is 2.17 bits per heavy atom. The second-order valence-corrected chi connectivity index (χ2v) is 6.61. The van der Waals surface area contributed by atoms with Crippen molar-refractivity contribution < 1.29 is 5.21 Å². The molecule has 0 heterocycles. The first-order chi connectivity index (χ1) is 8.38. The zero-order chi connectivity index (χ0) is 13.3. The fourth-order valence-corrected chi connectivity index (χ4v) is 2.86. The molecule has 2 heteroatoms. The molecule has 0 saturated heterocycles. The van der Waals surface area contributed by atoms with E-state index >= 15 is 0 Å². The van der Waals surface area contributed by atoms with Crippen LogP contribution in [0.15, 0.2) is 24.3 Å². The van der Waals surface area contributed by atoms with Gasteiger partial charge < -0.3 is 5.21 Å². The maximum Gasteiger partial charge on any atom is 0.0353 e. The number of hydrogen-bond acceptors (Lipinski definition) is 2. The monoisotopic (exact) mass is 247 g/mol. The minimum absolute atomic E-state index is 0.224. The standard InChI is InChI=1S/C16H25NO/c1-16(2,3)14-8-5-12(6-9-14)13-7-10-15(11-13)17(4)18/h5-6,8-9,13,15,18H,7,10-11H2,1-4H3. The van der Waals surface area contributed by atoms with Gasteiger partial charge >= 0.3 is 0 Å². The summed E-state index contributed by atoms with van der Waals surface area (Å²) in [6.07, 6.45) is 3.35. The van der Waals surface area contributed by atoms with E-state index in [2.05, 4.69) is 45.0 Å². The number of nitrogens with zero attached hydrogens (tertiary/aromatic N) is 1. The van der Waals surface area contributed by atoms with Gasteiger partial charge in [-0.15, -0.1) is 0 Å². The highest BCUT2D eigenvalue weighted by Crippen LogP contribution is 2.36. The number of hydroxylamine groups is 2. The number of hydrogen-bond donors (Lipinski definition) is 1. The predicted octanol–water partition coefficient (Wildman–Crippen LogP) is 3.94. The van der Waals surface area contributed by atoms with Crippen molar-refractivity contribution in [2.45, 2.75) is 57.4 Å². The fraction of sp³-hybridized carbons (Fsp3) is 0.625. The highest BCUT2D eigenvalue weighted by atomic mass is 16.5. The normalized spacial score (nSPS) is 24.8. The smallest absolute Gasteiger partial charge is 0.0353 e. The van der Waals surface area contributed by atoms with Gasteiger partial charge in [0.05, 0.1) is 0 Å². The van der Waals surface area contributed by atoms with Crippen LogP contribution in [0.3, 0.4) is 0 Å². The van der Waals surface area contributed by atoms with Gasteiger partial charge in [0.2, 0.25) is 0 Å². The summed E-state index contributed by atoms with van der Waals surface area (Å²) < 4.78 is 0. The lowest BCUT2D eigenvalue weighted by molar-refractivity contribution is -0.100. The van der Waals surface area contributed by atoms with Crippen molar-refractivity contribution in [3.8, 4) is 0 Å². The Morgan fingerprint density at radius 2 is 1.72 bits per heavy atom. The molecule has 0 bridgehead atoms. The average Bonchev–Trinajstić information content (AvgIpc) is 2.77. The topological polar surface area (TPSA) is 23.5 Å². The van der Waals surface area contributed by atoms with Gasteiger partial charge in [-0.2, -0.15) is 5.06 Å². The van der Waals surface area contributed by atoms with Crippen LogP contribution in [-0.2, 0) is 5.41 Å². The fourth-order valence-electron chi connectivity index (χ4n) is 2.86. The van der Waals surface area contributed by atoms with E-state index in [1.807, 2.05) is 0 Å². The van der Waals surface area contributed by atoms with Gasteiger partial charge in [0.25, 0.3) is 0 Å². The van der Waals surface area contributed by atoms with Crippen LogP contribution in [0.5, 0.6) is 0 Å². The van der Waals surface area contributed by atoms with E-state index in [1.165, 1.54) is 22.6 Å². The first-order valence-corrected chi connectivity index (χ1v) is 6.90. The largest absolute Gasteiger partial charge is 0.314 e. The van der Waals surface area contributed by atoms with Crippen LogP contribution in [0, 0.1) is 0 Å². The SMILES string of the molecule is CN(O)C1CCC(c2ccc(C(C)(C)C)cc2)C1. The Kier molecular flexibility index (Phi) is 3.79. The molecule has 2 unspecified atom stereocenters. The summed E-state index contributed by atoms with van der Waals surface area (Å²) in [6, 6.07) is 9.38. The van der Waals surface area contributed by atoms with Gasteiger partial charge in [-0.05, 0) is 41.7 Å². The van der Waals surface area contributed by atoms with Crippen LogP contribution >= 0.6 is 0 Å². The second-order valence-electron chi connectivity index (χ2n) is 6.61. The second kappa shape index (κ2) is 5.02. The minimum atomic E-state index is 0.224. The molecule has 1 aromatic carbocycles. The third-order valence-electron chi connectivity index (χ3n) is 4.18. The molecule has 2 nitrogen and oxygen atoms in total. The minimum Gasteiger partial charge on any atom is -0.314 e. The van der Waals surface area contributed by atoms with Gasteiger partial charge in [0, 0.05) is 13.1 Å². The van der Waals surface area contributed by atoms with E-state index in [-0.39, 0.29) is 5.41 Å². The first-order valence-electron chi connectivity index (χ1n) is 6.90. The Balaban J connectivity index is 2.07. The molecule has 0 radical (unpaired) electrons. The van der Waals surface area contributed by atoms with E-state index in [1.54, 1.807) is 7.05 Å². The van der Waals surface area contributed by atoms with Gasteiger partial charge in [-0.1, -0.05) is 45.0 Å². The molecule has 1 N–H and O–H groups in total. The molecular formula is C16H25NO. The van der Waals surface area contributed by atoms with Crippen LogP contribution in [0.25, 0.3) is 0 Å². The van der Waals surface area contributed by atoms with Crippen LogP contribution < -0.4 is 0 Å². The lowest BCUT2D eigenvalue weighted by Crippen LogP contribution is -2.25. The molecule has 1 aromatic rings. The molecule has 1 saturated carbocycles. The van der Waals surface area contributed by atoms with Crippen molar-refractivity contribution in [1.82, 2.24) is 5.06 Å². The molecule has 1 fully saturated rings. The molecule has 0 amide bonds. The molecule has 2 rings (SSSR count). The summed E-state index contributed by atoms with van der Waals surface area (Å²) in [5.74, 6) is 0.610. The maximum atomic E-state index is 9.50. The van der Waals surface area contributed by atoms with Gasteiger partial charge in [-0.25, -0.2) is 0 Å².